The summed E-state index contributed by atoms with van der Waals surface area (Å²) in [6, 6.07) is 10.6. The van der Waals surface area contributed by atoms with Gasteiger partial charge in [-0.15, -0.1) is 0 Å². The van der Waals surface area contributed by atoms with E-state index in [4.69, 9.17) is 5.73 Å². The van der Waals surface area contributed by atoms with Crippen LogP contribution in [0.25, 0.3) is 22.0 Å². The molecule has 0 bridgehead atoms. The fourth-order valence-corrected chi connectivity index (χ4v) is 2.53. The van der Waals surface area contributed by atoms with Gasteiger partial charge in [-0.2, -0.15) is 0 Å². The van der Waals surface area contributed by atoms with Crippen LogP contribution in [0.1, 0.15) is 18.3 Å². The van der Waals surface area contributed by atoms with Crippen molar-refractivity contribution in [1.82, 2.24) is 9.97 Å². The minimum atomic E-state index is -0.290. The third kappa shape index (κ3) is 2.33. The van der Waals surface area contributed by atoms with Gasteiger partial charge in [0, 0.05) is 22.2 Å². The van der Waals surface area contributed by atoms with Gasteiger partial charge in [0.15, 0.2) is 0 Å². The molecule has 0 aliphatic rings. The summed E-state index contributed by atoms with van der Waals surface area (Å²) in [4.78, 5) is 8.83. The van der Waals surface area contributed by atoms with E-state index in [0.717, 1.165) is 22.3 Å². The molecule has 3 aromatic rings. The molecule has 0 amide bonds. The van der Waals surface area contributed by atoms with Crippen LogP contribution in [0.4, 0.5) is 10.2 Å². The fourth-order valence-electron chi connectivity index (χ4n) is 2.53. The third-order valence-corrected chi connectivity index (χ3v) is 3.55. The van der Waals surface area contributed by atoms with E-state index in [1.807, 2.05) is 32.0 Å². The quantitative estimate of drug-likeness (QED) is 0.775. The van der Waals surface area contributed by atoms with Crippen LogP contribution in [-0.2, 0) is 6.42 Å². The number of benzene rings is 1. The first-order valence-electron chi connectivity index (χ1n) is 6.91. The van der Waals surface area contributed by atoms with E-state index in [2.05, 4.69) is 9.97 Å². The standard InChI is InChI=1S/C17H16FN3/c1-3-14-12(7-9-15(19)21-14)16-13(18)8-6-11-5-4-10(2)20-17(11)16/h4-9H,3H2,1-2H3,(H2,19,21). The summed E-state index contributed by atoms with van der Waals surface area (Å²) in [7, 11) is 0. The number of halogens is 1. The lowest BCUT2D eigenvalue weighted by atomic mass is 9.98. The number of pyridine rings is 2. The second-order valence-corrected chi connectivity index (χ2v) is 5.03. The molecule has 0 saturated carbocycles. The monoisotopic (exact) mass is 281 g/mol. The van der Waals surface area contributed by atoms with Gasteiger partial charge in [0.1, 0.15) is 11.6 Å². The van der Waals surface area contributed by atoms with Gasteiger partial charge in [0.05, 0.1) is 11.2 Å². The molecule has 0 radical (unpaired) electrons. The molecule has 2 heterocycles. The van der Waals surface area contributed by atoms with Gasteiger partial charge in [0.25, 0.3) is 0 Å². The van der Waals surface area contributed by atoms with Crippen molar-refractivity contribution in [3.8, 4) is 11.1 Å². The number of hydrogen-bond donors (Lipinski definition) is 1. The van der Waals surface area contributed by atoms with Crippen molar-refractivity contribution in [3.05, 3.63) is 53.6 Å². The van der Waals surface area contributed by atoms with Gasteiger partial charge in [-0.3, -0.25) is 4.98 Å². The SMILES string of the molecule is CCc1nc(N)ccc1-c1c(F)ccc2ccc(C)nc12. The lowest BCUT2D eigenvalue weighted by Gasteiger charge is -2.12. The number of hydrogen-bond acceptors (Lipinski definition) is 3. The molecule has 2 aromatic heterocycles. The molecule has 21 heavy (non-hydrogen) atoms. The number of nitrogens with two attached hydrogens (primary N) is 1. The number of nitrogens with zero attached hydrogens (tertiary/aromatic N) is 2. The molecule has 0 unspecified atom stereocenters. The van der Waals surface area contributed by atoms with Crippen LogP contribution >= 0.6 is 0 Å². The second-order valence-electron chi connectivity index (χ2n) is 5.03. The molecule has 0 saturated heterocycles. The van der Waals surface area contributed by atoms with Crippen LogP contribution in [0, 0.1) is 12.7 Å². The van der Waals surface area contributed by atoms with Crippen LogP contribution in [-0.4, -0.2) is 9.97 Å². The van der Waals surface area contributed by atoms with E-state index >= 15 is 0 Å². The average Bonchev–Trinajstić information content (AvgIpc) is 2.47. The Labute approximate surface area is 122 Å². The highest BCUT2D eigenvalue weighted by Crippen LogP contribution is 2.32. The van der Waals surface area contributed by atoms with Gasteiger partial charge in [-0.1, -0.05) is 13.0 Å². The first-order chi connectivity index (χ1) is 10.1. The Morgan fingerprint density at radius 3 is 2.57 bits per heavy atom. The molecule has 0 aliphatic heterocycles. The average molecular weight is 281 g/mol. The highest BCUT2D eigenvalue weighted by molar-refractivity contribution is 5.94. The van der Waals surface area contributed by atoms with Crippen molar-refractivity contribution in [2.75, 3.05) is 5.73 Å². The molecule has 3 nitrogen and oxygen atoms in total. The zero-order valence-electron chi connectivity index (χ0n) is 12.0. The Morgan fingerprint density at radius 1 is 1.05 bits per heavy atom. The number of nitrogen functional groups attached to an aromatic ring is 1. The predicted octanol–water partition coefficient (Wildman–Crippen LogP) is 3.89. The predicted molar refractivity (Wildman–Crippen MR) is 83.5 cm³/mol. The molecule has 2 N–H and O–H groups in total. The normalized spacial score (nSPS) is 11.0. The minimum Gasteiger partial charge on any atom is -0.384 e. The Hall–Kier alpha value is -2.49. The Balaban J connectivity index is 2.39. The number of fused-ring (bicyclic) bond motifs is 1. The molecule has 0 fully saturated rings. The highest BCUT2D eigenvalue weighted by atomic mass is 19.1. The summed E-state index contributed by atoms with van der Waals surface area (Å²) in [6.45, 7) is 3.88. The number of rotatable bonds is 2. The molecular formula is C17H16FN3. The zero-order valence-corrected chi connectivity index (χ0v) is 12.0. The van der Waals surface area contributed by atoms with Crippen molar-refractivity contribution in [2.24, 2.45) is 0 Å². The van der Waals surface area contributed by atoms with Gasteiger partial charge >= 0.3 is 0 Å². The first kappa shape index (κ1) is 13.5. The second kappa shape index (κ2) is 5.13. The smallest absolute Gasteiger partial charge is 0.133 e. The summed E-state index contributed by atoms with van der Waals surface area (Å²) >= 11 is 0. The van der Waals surface area contributed by atoms with Gasteiger partial charge in [0.2, 0.25) is 0 Å². The molecule has 0 spiro atoms. The first-order valence-corrected chi connectivity index (χ1v) is 6.91. The maximum Gasteiger partial charge on any atom is 0.133 e. The van der Waals surface area contributed by atoms with E-state index < -0.39 is 0 Å². The fraction of sp³-hybridized carbons (Fsp3) is 0.176. The molecule has 1 aromatic carbocycles. The van der Waals surface area contributed by atoms with E-state index in [9.17, 15) is 4.39 Å². The van der Waals surface area contributed by atoms with E-state index in [0.29, 0.717) is 23.3 Å². The maximum atomic E-state index is 14.5. The van der Waals surface area contributed by atoms with Crippen LogP contribution < -0.4 is 5.73 Å². The van der Waals surface area contributed by atoms with Crippen LogP contribution in [0.3, 0.4) is 0 Å². The lowest BCUT2D eigenvalue weighted by molar-refractivity contribution is 0.632. The number of aryl methyl sites for hydroxylation is 2. The largest absolute Gasteiger partial charge is 0.384 e. The summed E-state index contributed by atoms with van der Waals surface area (Å²) in [5.74, 6) is 0.155. The van der Waals surface area contributed by atoms with Crippen LogP contribution in [0.15, 0.2) is 36.4 Å². The van der Waals surface area contributed by atoms with Gasteiger partial charge in [-0.05, 0) is 43.7 Å². The van der Waals surface area contributed by atoms with Crippen LogP contribution in [0.5, 0.6) is 0 Å². The molecule has 4 heteroatoms. The van der Waals surface area contributed by atoms with E-state index in [1.165, 1.54) is 6.07 Å². The number of anilines is 1. The summed E-state index contributed by atoms with van der Waals surface area (Å²) in [6.07, 6.45) is 0.683. The minimum absolute atomic E-state index is 0.290. The lowest BCUT2D eigenvalue weighted by Crippen LogP contribution is -2.00. The topological polar surface area (TPSA) is 51.8 Å². The molecule has 106 valence electrons. The summed E-state index contributed by atoms with van der Waals surface area (Å²) < 4.78 is 14.5. The van der Waals surface area contributed by atoms with Gasteiger partial charge < -0.3 is 5.73 Å². The van der Waals surface area contributed by atoms with Crippen molar-refractivity contribution >= 4 is 16.7 Å². The van der Waals surface area contributed by atoms with Crippen LogP contribution in [0.2, 0.25) is 0 Å². The Morgan fingerprint density at radius 2 is 1.81 bits per heavy atom. The van der Waals surface area contributed by atoms with Crippen molar-refractivity contribution in [1.29, 1.82) is 0 Å². The summed E-state index contributed by atoms with van der Waals surface area (Å²) in [5.41, 5.74) is 9.30. The third-order valence-electron chi connectivity index (χ3n) is 3.55. The molecule has 0 atom stereocenters. The molecule has 0 aliphatic carbocycles. The number of aromatic nitrogens is 2. The summed E-state index contributed by atoms with van der Waals surface area (Å²) in [5, 5.41) is 0.913. The van der Waals surface area contributed by atoms with Crippen molar-refractivity contribution < 1.29 is 4.39 Å². The van der Waals surface area contributed by atoms with E-state index in [-0.39, 0.29) is 5.82 Å². The van der Waals surface area contributed by atoms with Crippen molar-refractivity contribution in [3.63, 3.8) is 0 Å². The Bertz CT molecular complexity index is 822. The molecule has 3 rings (SSSR count). The van der Waals surface area contributed by atoms with Crippen molar-refractivity contribution in [2.45, 2.75) is 20.3 Å². The highest BCUT2D eigenvalue weighted by Gasteiger charge is 2.15. The maximum absolute atomic E-state index is 14.5. The zero-order chi connectivity index (χ0) is 15.0. The Kier molecular flexibility index (Phi) is 3.29. The molecular weight excluding hydrogens is 265 g/mol. The van der Waals surface area contributed by atoms with Gasteiger partial charge in [-0.25, -0.2) is 9.37 Å². The van der Waals surface area contributed by atoms with E-state index in [1.54, 1.807) is 12.1 Å².